The van der Waals surface area contributed by atoms with Crippen LogP contribution in [-0.2, 0) is 6.42 Å². The summed E-state index contributed by atoms with van der Waals surface area (Å²) in [5.74, 6) is 0. The average Bonchev–Trinajstić information content (AvgIpc) is 2.46. The number of nitrogen functional groups attached to an aromatic ring is 1. The highest BCUT2D eigenvalue weighted by Crippen LogP contribution is 2.23. The van der Waals surface area contributed by atoms with Crippen molar-refractivity contribution in [3.05, 3.63) is 29.8 Å². The Hall–Kier alpha value is -1.06. The number of anilines is 1. The highest BCUT2D eigenvalue weighted by molar-refractivity contribution is 5.46. The van der Waals surface area contributed by atoms with Crippen LogP contribution in [-0.4, -0.2) is 35.7 Å². The van der Waals surface area contributed by atoms with Crippen LogP contribution < -0.4 is 5.73 Å². The quantitative estimate of drug-likeness (QED) is 0.774. The number of aliphatic hydroxyl groups is 1. The first-order valence-corrected chi connectivity index (χ1v) is 7.49. The number of rotatable bonds is 6. The summed E-state index contributed by atoms with van der Waals surface area (Å²) in [5, 5.41) is 9.25. The van der Waals surface area contributed by atoms with Gasteiger partial charge in [0, 0.05) is 24.8 Å². The van der Waals surface area contributed by atoms with Gasteiger partial charge in [-0.3, -0.25) is 4.90 Å². The molecule has 1 saturated carbocycles. The van der Waals surface area contributed by atoms with Crippen molar-refractivity contribution in [1.29, 1.82) is 0 Å². The lowest BCUT2D eigenvalue weighted by atomic mass is 9.94. The third-order valence-electron chi connectivity index (χ3n) is 4.20. The lowest BCUT2D eigenvalue weighted by Gasteiger charge is -2.34. The molecule has 0 atom stereocenters. The Morgan fingerprint density at radius 2 is 1.84 bits per heavy atom. The monoisotopic (exact) mass is 262 g/mol. The Morgan fingerprint density at radius 3 is 2.53 bits per heavy atom. The molecule has 2 rings (SSSR count). The number of benzene rings is 1. The molecule has 0 aliphatic heterocycles. The molecule has 1 aliphatic carbocycles. The van der Waals surface area contributed by atoms with Gasteiger partial charge in [0.25, 0.3) is 0 Å². The van der Waals surface area contributed by atoms with Crippen LogP contribution in [0.5, 0.6) is 0 Å². The summed E-state index contributed by atoms with van der Waals surface area (Å²) in [6, 6.07) is 8.75. The lowest BCUT2D eigenvalue weighted by molar-refractivity contribution is 0.125. The van der Waals surface area contributed by atoms with E-state index >= 15 is 0 Å². The summed E-state index contributed by atoms with van der Waals surface area (Å²) >= 11 is 0. The molecule has 0 aromatic heterocycles. The van der Waals surface area contributed by atoms with E-state index in [4.69, 9.17) is 5.73 Å². The van der Waals surface area contributed by atoms with Gasteiger partial charge in [-0.25, -0.2) is 0 Å². The largest absolute Gasteiger partial charge is 0.399 e. The van der Waals surface area contributed by atoms with Gasteiger partial charge in [0.15, 0.2) is 0 Å². The smallest absolute Gasteiger partial charge is 0.0558 e. The molecule has 19 heavy (non-hydrogen) atoms. The Balaban J connectivity index is 1.91. The molecule has 1 aromatic rings. The van der Waals surface area contributed by atoms with Crippen molar-refractivity contribution in [3.8, 4) is 0 Å². The Morgan fingerprint density at radius 1 is 1.11 bits per heavy atom. The molecule has 0 bridgehead atoms. The average molecular weight is 262 g/mol. The molecule has 3 nitrogen and oxygen atoms in total. The van der Waals surface area contributed by atoms with Crippen LogP contribution in [0.15, 0.2) is 24.3 Å². The highest BCUT2D eigenvalue weighted by Gasteiger charge is 2.20. The molecule has 0 spiro atoms. The number of nitrogens with two attached hydrogens (primary N) is 1. The van der Waals surface area contributed by atoms with Crippen LogP contribution >= 0.6 is 0 Å². The van der Waals surface area contributed by atoms with Crippen molar-refractivity contribution in [2.24, 2.45) is 0 Å². The van der Waals surface area contributed by atoms with Crippen LogP contribution in [0, 0.1) is 0 Å². The second kappa shape index (κ2) is 7.51. The number of nitrogens with zero attached hydrogens (tertiary/aromatic N) is 1. The van der Waals surface area contributed by atoms with Crippen molar-refractivity contribution in [3.63, 3.8) is 0 Å². The summed E-state index contributed by atoms with van der Waals surface area (Å²) in [5.41, 5.74) is 8.10. The van der Waals surface area contributed by atoms with Gasteiger partial charge >= 0.3 is 0 Å². The van der Waals surface area contributed by atoms with Gasteiger partial charge in [-0.2, -0.15) is 0 Å². The Bertz CT molecular complexity index is 375. The van der Waals surface area contributed by atoms with Crippen molar-refractivity contribution in [1.82, 2.24) is 4.90 Å². The van der Waals surface area contributed by atoms with Crippen molar-refractivity contribution < 1.29 is 5.11 Å². The topological polar surface area (TPSA) is 49.5 Å². The maximum Gasteiger partial charge on any atom is 0.0558 e. The predicted molar refractivity (Wildman–Crippen MR) is 80.1 cm³/mol. The third kappa shape index (κ3) is 4.22. The number of hydrogen-bond donors (Lipinski definition) is 2. The maximum atomic E-state index is 9.25. The highest BCUT2D eigenvalue weighted by atomic mass is 16.3. The third-order valence-corrected chi connectivity index (χ3v) is 4.20. The number of hydrogen-bond acceptors (Lipinski definition) is 3. The van der Waals surface area contributed by atoms with Crippen LogP contribution in [0.3, 0.4) is 0 Å². The summed E-state index contributed by atoms with van der Waals surface area (Å²) in [7, 11) is 0. The molecule has 1 aliphatic rings. The summed E-state index contributed by atoms with van der Waals surface area (Å²) < 4.78 is 0. The Kier molecular flexibility index (Phi) is 5.67. The molecule has 3 heteroatoms. The van der Waals surface area contributed by atoms with E-state index in [1.165, 1.54) is 37.7 Å². The molecule has 1 aromatic carbocycles. The van der Waals surface area contributed by atoms with Crippen LogP contribution in [0.2, 0.25) is 0 Å². The molecule has 0 heterocycles. The van der Waals surface area contributed by atoms with Crippen LogP contribution in [0.1, 0.15) is 37.7 Å². The predicted octanol–water partition coefficient (Wildman–Crippen LogP) is 2.44. The molecule has 3 N–H and O–H groups in total. The second-order valence-electron chi connectivity index (χ2n) is 5.50. The summed E-state index contributed by atoms with van der Waals surface area (Å²) in [4.78, 5) is 2.45. The first-order valence-electron chi connectivity index (χ1n) is 7.49. The lowest BCUT2D eigenvalue weighted by Crippen LogP contribution is -2.40. The van der Waals surface area contributed by atoms with Gasteiger partial charge in [0.05, 0.1) is 6.61 Å². The molecule has 1 fully saturated rings. The van der Waals surface area contributed by atoms with E-state index in [0.29, 0.717) is 6.04 Å². The van der Waals surface area contributed by atoms with E-state index in [2.05, 4.69) is 11.0 Å². The first kappa shape index (κ1) is 14.4. The van der Waals surface area contributed by atoms with Crippen molar-refractivity contribution in [2.45, 2.75) is 44.6 Å². The minimum atomic E-state index is 0.251. The second-order valence-corrected chi connectivity index (χ2v) is 5.50. The molecule has 0 radical (unpaired) electrons. The summed E-state index contributed by atoms with van der Waals surface area (Å²) in [6.07, 6.45) is 7.58. The van der Waals surface area contributed by atoms with E-state index in [0.717, 1.165) is 25.2 Å². The Labute approximate surface area is 116 Å². The number of aliphatic hydroxyl groups excluding tert-OH is 1. The zero-order chi connectivity index (χ0) is 13.5. The van der Waals surface area contributed by atoms with Crippen LogP contribution in [0.4, 0.5) is 5.69 Å². The minimum absolute atomic E-state index is 0.251. The molecule has 0 saturated heterocycles. The van der Waals surface area contributed by atoms with Crippen molar-refractivity contribution >= 4 is 5.69 Å². The van der Waals surface area contributed by atoms with E-state index in [9.17, 15) is 5.11 Å². The van der Waals surface area contributed by atoms with E-state index in [-0.39, 0.29) is 6.61 Å². The standard InChI is InChI=1S/C16H26N2O/c17-16-9-5-4-6-14(16)10-11-18(12-13-19)15-7-2-1-3-8-15/h4-6,9,15,19H,1-3,7-8,10-13,17H2. The van der Waals surface area contributed by atoms with Crippen molar-refractivity contribution in [2.75, 3.05) is 25.4 Å². The fraction of sp³-hybridized carbons (Fsp3) is 0.625. The van der Waals surface area contributed by atoms with Gasteiger partial charge in [-0.15, -0.1) is 0 Å². The molecular weight excluding hydrogens is 236 g/mol. The maximum absolute atomic E-state index is 9.25. The molecule has 0 amide bonds. The van der Waals surface area contributed by atoms with Gasteiger partial charge < -0.3 is 10.8 Å². The van der Waals surface area contributed by atoms with Gasteiger partial charge in [-0.1, -0.05) is 37.5 Å². The first-order chi connectivity index (χ1) is 9.31. The number of para-hydroxylation sites is 1. The zero-order valence-electron chi connectivity index (χ0n) is 11.7. The van der Waals surface area contributed by atoms with Crippen LogP contribution in [0.25, 0.3) is 0 Å². The normalized spacial score (nSPS) is 16.9. The SMILES string of the molecule is Nc1ccccc1CCN(CCO)C1CCCCC1. The molecule has 0 unspecified atom stereocenters. The zero-order valence-corrected chi connectivity index (χ0v) is 11.7. The van der Waals surface area contributed by atoms with E-state index in [1.54, 1.807) is 0 Å². The van der Waals surface area contributed by atoms with Gasteiger partial charge in [0.2, 0.25) is 0 Å². The molecule has 106 valence electrons. The van der Waals surface area contributed by atoms with E-state index < -0.39 is 0 Å². The summed E-state index contributed by atoms with van der Waals surface area (Å²) in [6.45, 7) is 2.04. The molecular formula is C16H26N2O. The fourth-order valence-electron chi connectivity index (χ4n) is 3.08. The van der Waals surface area contributed by atoms with Gasteiger partial charge in [-0.05, 0) is 30.9 Å². The minimum Gasteiger partial charge on any atom is -0.399 e. The van der Waals surface area contributed by atoms with Gasteiger partial charge in [0.1, 0.15) is 0 Å². The fourth-order valence-corrected chi connectivity index (χ4v) is 3.08. The van der Waals surface area contributed by atoms with E-state index in [1.807, 2.05) is 18.2 Å².